The van der Waals surface area contributed by atoms with Gasteiger partial charge in [-0.15, -0.1) is 0 Å². The molecule has 1 heterocycles. The van der Waals surface area contributed by atoms with Gasteiger partial charge in [-0.3, -0.25) is 0 Å². The number of ether oxygens (including phenoxy) is 1. The van der Waals surface area contributed by atoms with E-state index in [-0.39, 0.29) is 6.54 Å². The molecule has 1 aromatic rings. The van der Waals surface area contributed by atoms with Gasteiger partial charge in [0.25, 0.3) is 0 Å². The molecule has 1 aliphatic rings. The van der Waals surface area contributed by atoms with E-state index >= 15 is 0 Å². The number of nitrogens with zero attached hydrogens (tertiary/aromatic N) is 1. The Morgan fingerprint density at radius 3 is 2.26 bits per heavy atom. The van der Waals surface area contributed by atoms with Gasteiger partial charge in [-0.25, -0.2) is 9.78 Å². The Morgan fingerprint density at radius 1 is 1.33 bits per heavy atom. The number of methoxy groups -OCH3 is 1. The molecule has 0 aliphatic heterocycles. The summed E-state index contributed by atoms with van der Waals surface area (Å²) in [6, 6.07) is 0. The number of hydrogen-bond donors (Lipinski definition) is 3. The Hall–Kier alpha value is -1.89. The van der Waals surface area contributed by atoms with E-state index < -0.39 is 6.09 Å². The molecule has 1 aliphatic carbocycles. The van der Waals surface area contributed by atoms with Crippen LogP contribution in [-0.2, 0) is 16.0 Å². The molecule has 1 saturated carbocycles. The quantitative estimate of drug-likeness (QED) is 0.672. The van der Waals surface area contributed by atoms with Crippen LogP contribution in [0.1, 0.15) is 71.3 Å². The summed E-state index contributed by atoms with van der Waals surface area (Å²) in [7, 11) is 3.31. The summed E-state index contributed by atoms with van der Waals surface area (Å²) < 4.78 is 4.14. The summed E-state index contributed by atoms with van der Waals surface area (Å²) in [6.07, 6.45) is 9.45. The molecule has 1 fully saturated rings. The Balaban J connectivity index is 0. The fourth-order valence-electron chi connectivity index (χ4n) is 2.64. The maximum Gasteiger partial charge on any atom is 0.407 e. The highest BCUT2D eigenvalue weighted by Crippen LogP contribution is 2.31. The molecule has 1 amide bonds. The lowest BCUT2D eigenvalue weighted by Gasteiger charge is -2.27. The topological polar surface area (TPSA) is 96.1 Å². The summed E-state index contributed by atoms with van der Waals surface area (Å²) >= 11 is 0. The minimum Gasteiger partial charge on any atom is -0.453 e. The number of imidazole rings is 1. The molecule has 27 heavy (non-hydrogen) atoms. The van der Waals surface area contributed by atoms with Crippen LogP contribution in [0.25, 0.3) is 0 Å². The first-order valence-corrected chi connectivity index (χ1v) is 9.91. The molecular formula is C20H40N4O3. The molecule has 1 aromatic heterocycles. The maximum absolute atomic E-state index is 10.1. The summed E-state index contributed by atoms with van der Waals surface area (Å²) in [5.74, 6) is 1.12. The third kappa shape index (κ3) is 13.0. The van der Waals surface area contributed by atoms with Crippen LogP contribution in [0, 0.1) is 6.92 Å². The number of hydrogen-bond acceptors (Lipinski definition) is 5. The number of likely N-dealkylation sites (N-methyl/N-ethyl adjacent to an activating group) is 1. The number of carbonyl (C=O) groups excluding carboxylic acids is 2. The fourth-order valence-corrected chi connectivity index (χ4v) is 2.64. The van der Waals surface area contributed by atoms with Crippen molar-refractivity contribution in [2.45, 2.75) is 78.7 Å². The van der Waals surface area contributed by atoms with Gasteiger partial charge >= 0.3 is 6.09 Å². The molecule has 0 atom stereocenters. The SMILES string of the molecule is CC.CCC.CNC1(Cc2ncc(C)[nH]2)CCCC1.COC(=O)NCC=O. The van der Waals surface area contributed by atoms with Crippen LogP contribution in [0.4, 0.5) is 4.79 Å². The molecule has 0 unspecified atom stereocenters. The number of amides is 1. The minimum atomic E-state index is -0.586. The molecule has 3 N–H and O–H groups in total. The van der Waals surface area contributed by atoms with Crippen LogP contribution < -0.4 is 10.6 Å². The van der Waals surface area contributed by atoms with Crippen molar-refractivity contribution in [1.29, 1.82) is 0 Å². The molecule has 7 nitrogen and oxygen atoms in total. The Labute approximate surface area is 165 Å². The van der Waals surface area contributed by atoms with Crippen molar-refractivity contribution in [3.8, 4) is 0 Å². The normalized spacial score (nSPS) is 13.6. The largest absolute Gasteiger partial charge is 0.453 e. The average molecular weight is 385 g/mol. The number of rotatable bonds is 5. The van der Waals surface area contributed by atoms with Crippen molar-refractivity contribution < 1.29 is 14.3 Å². The zero-order valence-electron chi connectivity index (χ0n) is 18.3. The van der Waals surface area contributed by atoms with Gasteiger partial charge in [-0.05, 0) is 26.8 Å². The maximum atomic E-state index is 10.1. The van der Waals surface area contributed by atoms with Gasteiger partial charge in [-0.1, -0.05) is 47.0 Å². The molecule has 0 saturated heterocycles. The fraction of sp³-hybridized carbons (Fsp3) is 0.750. The van der Waals surface area contributed by atoms with E-state index in [4.69, 9.17) is 0 Å². The number of nitrogens with one attached hydrogen (secondary N) is 3. The predicted octanol–water partition coefficient (Wildman–Crippen LogP) is 3.78. The molecule has 0 aromatic carbocycles. The van der Waals surface area contributed by atoms with Gasteiger partial charge in [0.2, 0.25) is 0 Å². The highest BCUT2D eigenvalue weighted by Gasteiger charge is 2.32. The van der Waals surface area contributed by atoms with Crippen molar-refractivity contribution in [2.24, 2.45) is 0 Å². The van der Waals surface area contributed by atoms with Gasteiger partial charge in [0, 0.05) is 23.9 Å². The van der Waals surface area contributed by atoms with Crippen LogP contribution in [0.15, 0.2) is 6.20 Å². The van der Waals surface area contributed by atoms with Gasteiger partial charge < -0.3 is 25.1 Å². The zero-order valence-corrected chi connectivity index (χ0v) is 18.3. The zero-order chi connectivity index (χ0) is 21.1. The molecule has 0 radical (unpaired) electrons. The van der Waals surface area contributed by atoms with Crippen molar-refractivity contribution in [1.82, 2.24) is 20.6 Å². The van der Waals surface area contributed by atoms with Gasteiger partial charge in [0.15, 0.2) is 0 Å². The Kier molecular flexibility index (Phi) is 17.7. The lowest BCUT2D eigenvalue weighted by atomic mass is 9.93. The van der Waals surface area contributed by atoms with Crippen LogP contribution >= 0.6 is 0 Å². The predicted molar refractivity (Wildman–Crippen MR) is 111 cm³/mol. The number of H-pyrrole nitrogens is 1. The van der Waals surface area contributed by atoms with Crippen LogP contribution in [-0.4, -0.2) is 48.6 Å². The third-order valence-electron chi connectivity index (χ3n) is 3.87. The third-order valence-corrected chi connectivity index (χ3v) is 3.87. The first-order valence-electron chi connectivity index (χ1n) is 9.91. The number of aromatic nitrogens is 2. The number of aryl methyl sites for hydroxylation is 1. The van der Waals surface area contributed by atoms with Crippen molar-refractivity contribution in [3.05, 3.63) is 17.7 Å². The molecule has 0 bridgehead atoms. The van der Waals surface area contributed by atoms with Crippen LogP contribution in [0.3, 0.4) is 0 Å². The number of alkyl carbamates (subject to hydrolysis) is 1. The Morgan fingerprint density at radius 2 is 1.89 bits per heavy atom. The molecule has 0 spiro atoms. The first-order chi connectivity index (χ1) is 13.0. The van der Waals surface area contributed by atoms with Crippen LogP contribution in [0.5, 0.6) is 0 Å². The van der Waals surface area contributed by atoms with E-state index in [1.54, 1.807) is 0 Å². The molecule has 7 heteroatoms. The second kappa shape index (κ2) is 17.5. The van der Waals surface area contributed by atoms with Gasteiger partial charge in [0.05, 0.1) is 13.7 Å². The van der Waals surface area contributed by atoms with Crippen molar-refractivity contribution in [3.63, 3.8) is 0 Å². The Bertz CT molecular complexity index is 483. The number of carbonyl (C=O) groups is 2. The van der Waals surface area contributed by atoms with E-state index in [9.17, 15) is 9.59 Å². The number of aldehydes is 1. The molecular weight excluding hydrogens is 344 g/mol. The lowest BCUT2D eigenvalue weighted by molar-refractivity contribution is -0.107. The van der Waals surface area contributed by atoms with E-state index in [0.29, 0.717) is 11.8 Å². The summed E-state index contributed by atoms with van der Waals surface area (Å²) in [5.41, 5.74) is 1.47. The molecule has 2 rings (SSSR count). The van der Waals surface area contributed by atoms with Crippen molar-refractivity contribution >= 4 is 12.4 Å². The van der Waals surface area contributed by atoms with Gasteiger partial charge in [0.1, 0.15) is 12.1 Å². The molecule has 158 valence electrons. The van der Waals surface area contributed by atoms with E-state index in [0.717, 1.165) is 17.9 Å². The lowest BCUT2D eigenvalue weighted by Crippen LogP contribution is -2.42. The average Bonchev–Trinajstić information content (AvgIpc) is 3.32. The van der Waals surface area contributed by atoms with E-state index in [1.807, 2.05) is 20.0 Å². The van der Waals surface area contributed by atoms with Crippen LogP contribution in [0.2, 0.25) is 0 Å². The monoisotopic (exact) mass is 384 g/mol. The van der Waals surface area contributed by atoms with Gasteiger partial charge in [-0.2, -0.15) is 0 Å². The highest BCUT2D eigenvalue weighted by molar-refractivity contribution is 5.70. The highest BCUT2D eigenvalue weighted by atomic mass is 16.5. The minimum absolute atomic E-state index is 0.00662. The summed E-state index contributed by atoms with van der Waals surface area (Å²) in [6.45, 7) is 10.3. The first kappa shape index (κ1) is 27.3. The summed E-state index contributed by atoms with van der Waals surface area (Å²) in [5, 5.41) is 5.63. The van der Waals surface area contributed by atoms with Crippen molar-refractivity contribution in [2.75, 3.05) is 20.7 Å². The number of aromatic amines is 1. The summed E-state index contributed by atoms with van der Waals surface area (Å²) in [4.78, 5) is 27.3. The second-order valence-electron chi connectivity index (χ2n) is 6.17. The van der Waals surface area contributed by atoms with E-state index in [2.05, 4.69) is 53.2 Å². The van der Waals surface area contributed by atoms with E-state index in [1.165, 1.54) is 39.2 Å². The smallest absolute Gasteiger partial charge is 0.407 e. The standard InChI is InChI=1S/C11H19N3.C4H7NO3.C3H8.C2H6/c1-9-8-13-10(14-9)7-11(12-2)5-3-4-6-11;1-8-4(7)5-2-3-6;1-3-2;1-2/h8,12H,3-7H2,1-2H3,(H,13,14);3H,2H2,1H3,(H,5,7);3H2,1-2H3;1-2H3. The second-order valence-corrected chi connectivity index (χ2v) is 6.17.